The summed E-state index contributed by atoms with van der Waals surface area (Å²) < 4.78 is 2.22. The maximum Gasteiger partial charge on any atom is 0.0951 e. The van der Waals surface area contributed by atoms with Crippen LogP contribution in [0.1, 0.15) is 50.3 Å². The highest BCUT2D eigenvalue weighted by Gasteiger charge is 2.25. The van der Waals surface area contributed by atoms with Gasteiger partial charge in [0.05, 0.1) is 18.1 Å². The summed E-state index contributed by atoms with van der Waals surface area (Å²) in [7, 11) is 0. The largest absolute Gasteiger partial charge is 0.331 e. The van der Waals surface area contributed by atoms with Gasteiger partial charge >= 0.3 is 0 Å². The van der Waals surface area contributed by atoms with Crippen LogP contribution in [0.2, 0.25) is 0 Å². The molecule has 2 rings (SSSR count). The molecule has 116 valence electrons. The third-order valence-corrected chi connectivity index (χ3v) is 4.66. The van der Waals surface area contributed by atoms with Gasteiger partial charge in [-0.05, 0) is 39.1 Å². The Morgan fingerprint density at radius 1 is 1.33 bits per heavy atom. The van der Waals surface area contributed by atoms with Crippen molar-refractivity contribution >= 4 is 11.3 Å². The smallest absolute Gasteiger partial charge is 0.0951 e. The second kappa shape index (κ2) is 7.20. The van der Waals surface area contributed by atoms with Gasteiger partial charge in [0.15, 0.2) is 0 Å². The molecule has 0 aliphatic carbocycles. The normalized spacial score (nSPS) is 13.5. The van der Waals surface area contributed by atoms with Crippen LogP contribution in [0.5, 0.6) is 0 Å². The van der Waals surface area contributed by atoms with Gasteiger partial charge in [0, 0.05) is 36.2 Å². The topological polar surface area (TPSA) is 47.1 Å². The van der Waals surface area contributed by atoms with Crippen LogP contribution in [0.25, 0.3) is 0 Å². The predicted octanol–water partition coefficient (Wildman–Crippen LogP) is 3.44. The maximum absolute atomic E-state index is 6.12. The van der Waals surface area contributed by atoms with Crippen molar-refractivity contribution in [1.29, 1.82) is 0 Å². The van der Waals surface area contributed by atoms with Crippen LogP contribution in [-0.4, -0.2) is 27.0 Å². The van der Waals surface area contributed by atoms with Crippen LogP contribution in [0.15, 0.2) is 30.0 Å². The van der Waals surface area contributed by atoms with Gasteiger partial charge in [-0.25, -0.2) is 4.98 Å². The van der Waals surface area contributed by atoms with Crippen LogP contribution < -0.4 is 5.73 Å². The van der Waals surface area contributed by atoms with E-state index in [-0.39, 0.29) is 6.04 Å². The summed E-state index contributed by atoms with van der Waals surface area (Å²) >= 11 is 1.80. The fourth-order valence-electron chi connectivity index (χ4n) is 2.67. The van der Waals surface area contributed by atoms with Crippen molar-refractivity contribution in [2.45, 2.75) is 52.4 Å². The Bertz CT molecular complexity index is 530. The molecule has 5 heteroatoms. The summed E-state index contributed by atoms with van der Waals surface area (Å²) in [6, 6.07) is 5.31. The lowest BCUT2D eigenvalue weighted by molar-refractivity contribution is 0.142. The van der Waals surface area contributed by atoms with Gasteiger partial charge in [0.25, 0.3) is 0 Å². The highest BCUT2D eigenvalue weighted by atomic mass is 32.1. The summed E-state index contributed by atoms with van der Waals surface area (Å²) in [5.74, 6) is 0. The first kappa shape index (κ1) is 16.2. The molecule has 4 nitrogen and oxygen atoms in total. The molecule has 2 heterocycles. The number of rotatable bonds is 7. The van der Waals surface area contributed by atoms with E-state index in [0.717, 1.165) is 6.54 Å². The van der Waals surface area contributed by atoms with Crippen molar-refractivity contribution in [3.63, 3.8) is 0 Å². The lowest BCUT2D eigenvalue weighted by Gasteiger charge is -2.34. The Balaban J connectivity index is 2.29. The first-order chi connectivity index (χ1) is 10.0. The highest BCUT2D eigenvalue weighted by molar-refractivity contribution is 7.09. The summed E-state index contributed by atoms with van der Waals surface area (Å²) in [5, 5.41) is 2.13. The second-order valence-electron chi connectivity index (χ2n) is 5.92. The standard InChI is InChI=1S/C16H26N4S/c1-12(2)19(10-14-6-5-7-21-14)15(8-17)16-9-18-11-20(16)13(3)4/h5-7,9,11-13,15H,8,10,17H2,1-4H3. The van der Waals surface area contributed by atoms with Crippen molar-refractivity contribution < 1.29 is 0 Å². The molecule has 0 amide bonds. The lowest BCUT2D eigenvalue weighted by atomic mass is 10.1. The average molecular weight is 306 g/mol. The Labute approximate surface area is 131 Å². The molecule has 1 atom stereocenters. The van der Waals surface area contributed by atoms with Gasteiger partial charge in [0.2, 0.25) is 0 Å². The molecule has 0 bridgehead atoms. The Morgan fingerprint density at radius 3 is 2.62 bits per heavy atom. The first-order valence-corrected chi connectivity index (χ1v) is 8.42. The predicted molar refractivity (Wildman–Crippen MR) is 89.4 cm³/mol. The van der Waals surface area contributed by atoms with Crippen LogP contribution in [0.3, 0.4) is 0 Å². The molecular formula is C16H26N4S. The molecule has 0 radical (unpaired) electrons. The molecule has 2 aromatic rings. The minimum Gasteiger partial charge on any atom is -0.331 e. The molecule has 2 aromatic heterocycles. The number of hydrogen-bond donors (Lipinski definition) is 1. The number of nitrogens with zero attached hydrogens (tertiary/aromatic N) is 3. The molecular weight excluding hydrogens is 280 g/mol. The Morgan fingerprint density at radius 2 is 2.10 bits per heavy atom. The van der Waals surface area contributed by atoms with Crippen LogP contribution in [0.4, 0.5) is 0 Å². The molecule has 0 aromatic carbocycles. The Kier molecular flexibility index (Phi) is 5.56. The fourth-order valence-corrected chi connectivity index (χ4v) is 3.38. The summed E-state index contributed by atoms with van der Waals surface area (Å²) in [4.78, 5) is 8.17. The van der Waals surface area contributed by atoms with Gasteiger partial charge in [-0.2, -0.15) is 0 Å². The summed E-state index contributed by atoms with van der Waals surface area (Å²) in [6.07, 6.45) is 3.87. The molecule has 0 saturated carbocycles. The minimum atomic E-state index is 0.192. The quantitative estimate of drug-likeness (QED) is 0.852. The van der Waals surface area contributed by atoms with Gasteiger partial charge in [-0.3, -0.25) is 4.90 Å². The SMILES string of the molecule is CC(C)N(Cc1cccs1)C(CN)c1cncn1C(C)C. The highest BCUT2D eigenvalue weighted by Crippen LogP contribution is 2.27. The maximum atomic E-state index is 6.12. The summed E-state index contributed by atoms with van der Waals surface area (Å²) in [6.45, 7) is 10.3. The molecule has 0 fully saturated rings. The minimum absolute atomic E-state index is 0.192. The third-order valence-electron chi connectivity index (χ3n) is 3.80. The molecule has 0 aliphatic rings. The molecule has 1 unspecified atom stereocenters. The zero-order valence-corrected chi connectivity index (χ0v) is 14.2. The first-order valence-electron chi connectivity index (χ1n) is 7.54. The van der Waals surface area contributed by atoms with E-state index in [2.05, 4.69) is 59.7 Å². The molecule has 0 saturated heterocycles. The van der Waals surface area contributed by atoms with Crippen molar-refractivity contribution in [2.24, 2.45) is 5.73 Å². The third kappa shape index (κ3) is 3.73. The molecule has 2 N–H and O–H groups in total. The van der Waals surface area contributed by atoms with Crippen molar-refractivity contribution in [3.05, 3.63) is 40.6 Å². The van der Waals surface area contributed by atoms with E-state index in [0.29, 0.717) is 18.6 Å². The van der Waals surface area contributed by atoms with E-state index in [1.54, 1.807) is 11.3 Å². The second-order valence-corrected chi connectivity index (χ2v) is 6.95. The van der Waals surface area contributed by atoms with Gasteiger partial charge in [0.1, 0.15) is 0 Å². The van der Waals surface area contributed by atoms with Gasteiger partial charge in [-0.1, -0.05) is 6.07 Å². The number of aromatic nitrogens is 2. The van der Waals surface area contributed by atoms with Gasteiger partial charge in [-0.15, -0.1) is 11.3 Å². The summed E-state index contributed by atoms with van der Waals surface area (Å²) in [5.41, 5.74) is 7.33. The zero-order chi connectivity index (χ0) is 15.4. The molecule has 0 spiro atoms. The van der Waals surface area contributed by atoms with E-state index < -0.39 is 0 Å². The lowest BCUT2D eigenvalue weighted by Crippen LogP contribution is -2.39. The number of nitrogens with two attached hydrogens (primary N) is 1. The molecule has 21 heavy (non-hydrogen) atoms. The number of hydrogen-bond acceptors (Lipinski definition) is 4. The van der Waals surface area contributed by atoms with Crippen LogP contribution >= 0.6 is 11.3 Å². The van der Waals surface area contributed by atoms with E-state index >= 15 is 0 Å². The van der Waals surface area contributed by atoms with Crippen LogP contribution in [-0.2, 0) is 6.54 Å². The Hall–Kier alpha value is -1.17. The van der Waals surface area contributed by atoms with E-state index in [9.17, 15) is 0 Å². The van der Waals surface area contributed by atoms with E-state index in [4.69, 9.17) is 5.73 Å². The number of thiophene rings is 1. The van der Waals surface area contributed by atoms with Crippen molar-refractivity contribution in [3.8, 4) is 0 Å². The molecule has 0 aliphatic heterocycles. The van der Waals surface area contributed by atoms with E-state index in [1.807, 2.05) is 12.5 Å². The zero-order valence-electron chi connectivity index (χ0n) is 13.4. The van der Waals surface area contributed by atoms with E-state index in [1.165, 1.54) is 10.6 Å². The average Bonchev–Trinajstić information content (AvgIpc) is 3.08. The number of imidazole rings is 1. The van der Waals surface area contributed by atoms with Crippen molar-refractivity contribution in [2.75, 3.05) is 6.54 Å². The van der Waals surface area contributed by atoms with Gasteiger partial charge < -0.3 is 10.3 Å². The monoisotopic (exact) mass is 306 g/mol. The van der Waals surface area contributed by atoms with Crippen LogP contribution in [0, 0.1) is 0 Å². The van der Waals surface area contributed by atoms with Crippen molar-refractivity contribution in [1.82, 2.24) is 14.5 Å². The fraction of sp³-hybridized carbons (Fsp3) is 0.562.